The molecule has 0 aliphatic carbocycles. The Kier molecular flexibility index (Phi) is 3.47. The van der Waals surface area contributed by atoms with Crippen LogP contribution in [-0.2, 0) is 6.18 Å². The molecule has 9 heteroatoms. The van der Waals surface area contributed by atoms with Crippen molar-refractivity contribution in [3.63, 3.8) is 0 Å². The smallest absolute Gasteiger partial charge is 0.366 e. The lowest BCUT2D eigenvalue weighted by atomic mass is 10.2. The zero-order valence-corrected chi connectivity index (χ0v) is 10.0. The van der Waals surface area contributed by atoms with Crippen molar-refractivity contribution < 1.29 is 18.0 Å². The van der Waals surface area contributed by atoms with Crippen LogP contribution >= 0.6 is 11.8 Å². The fourth-order valence-electron chi connectivity index (χ4n) is 1.26. The Balaban J connectivity index is 2.45. The van der Waals surface area contributed by atoms with E-state index in [9.17, 15) is 18.0 Å². The molecule has 0 atom stereocenters. The number of nitrogens with zero attached hydrogens (tertiary/aromatic N) is 2. The first-order valence-electron chi connectivity index (χ1n) is 4.93. The van der Waals surface area contributed by atoms with Gasteiger partial charge in [-0.1, -0.05) is 0 Å². The molecule has 19 heavy (non-hydrogen) atoms. The SMILES string of the molecule is NC(=O)c1ccc(C(F)(F)F)nc1Sc1ncc[nH]1. The predicted molar refractivity (Wildman–Crippen MR) is 60.5 cm³/mol. The maximum absolute atomic E-state index is 12.6. The molecule has 0 fully saturated rings. The van der Waals surface area contributed by atoms with Gasteiger partial charge in [0.05, 0.1) is 5.56 Å². The Hall–Kier alpha value is -2.03. The van der Waals surface area contributed by atoms with E-state index in [1.807, 2.05) is 0 Å². The molecular formula is C10H7F3N4OS. The number of alkyl halides is 3. The summed E-state index contributed by atoms with van der Waals surface area (Å²) < 4.78 is 37.7. The monoisotopic (exact) mass is 288 g/mol. The number of rotatable bonds is 3. The van der Waals surface area contributed by atoms with Gasteiger partial charge < -0.3 is 10.7 Å². The van der Waals surface area contributed by atoms with Crippen LogP contribution in [0.3, 0.4) is 0 Å². The maximum Gasteiger partial charge on any atom is 0.433 e. The highest BCUT2D eigenvalue weighted by molar-refractivity contribution is 7.99. The highest BCUT2D eigenvalue weighted by atomic mass is 32.2. The minimum atomic E-state index is -4.59. The minimum Gasteiger partial charge on any atom is -0.366 e. The molecule has 0 aromatic carbocycles. The van der Waals surface area contributed by atoms with Crippen LogP contribution in [0.4, 0.5) is 13.2 Å². The fourth-order valence-corrected chi connectivity index (χ4v) is 2.11. The number of nitrogens with one attached hydrogen (secondary N) is 1. The number of imidazole rings is 1. The molecule has 2 aromatic heterocycles. The molecule has 0 unspecified atom stereocenters. The second-order valence-corrected chi connectivity index (χ2v) is 4.39. The van der Waals surface area contributed by atoms with Gasteiger partial charge in [0.1, 0.15) is 10.7 Å². The van der Waals surface area contributed by atoms with Gasteiger partial charge in [0.25, 0.3) is 5.91 Å². The first kappa shape index (κ1) is 13.4. The quantitative estimate of drug-likeness (QED) is 0.905. The van der Waals surface area contributed by atoms with Crippen molar-refractivity contribution >= 4 is 17.7 Å². The third-order valence-corrected chi connectivity index (χ3v) is 3.00. The lowest BCUT2D eigenvalue weighted by Crippen LogP contribution is -2.16. The van der Waals surface area contributed by atoms with Crippen LogP contribution in [0.5, 0.6) is 0 Å². The number of amides is 1. The zero-order valence-electron chi connectivity index (χ0n) is 9.23. The van der Waals surface area contributed by atoms with E-state index in [4.69, 9.17) is 5.73 Å². The van der Waals surface area contributed by atoms with Crippen LogP contribution in [0.15, 0.2) is 34.7 Å². The van der Waals surface area contributed by atoms with Crippen LogP contribution in [0, 0.1) is 0 Å². The number of carbonyl (C=O) groups excluding carboxylic acids is 1. The van der Waals surface area contributed by atoms with Crippen molar-refractivity contribution in [2.45, 2.75) is 16.4 Å². The number of aromatic nitrogens is 3. The van der Waals surface area contributed by atoms with E-state index in [0.29, 0.717) is 11.2 Å². The van der Waals surface area contributed by atoms with E-state index in [2.05, 4.69) is 15.0 Å². The number of primary amides is 1. The van der Waals surface area contributed by atoms with Gasteiger partial charge in [-0.25, -0.2) is 9.97 Å². The first-order valence-corrected chi connectivity index (χ1v) is 5.75. The molecule has 2 rings (SSSR count). The van der Waals surface area contributed by atoms with Gasteiger partial charge >= 0.3 is 6.18 Å². The van der Waals surface area contributed by atoms with Gasteiger partial charge in [0.15, 0.2) is 5.16 Å². The Bertz CT molecular complexity index is 597. The summed E-state index contributed by atoms with van der Waals surface area (Å²) in [6.07, 6.45) is -1.66. The molecule has 0 radical (unpaired) electrons. The molecule has 0 bridgehead atoms. The van der Waals surface area contributed by atoms with E-state index < -0.39 is 17.8 Å². The molecule has 100 valence electrons. The molecule has 3 N–H and O–H groups in total. The average molecular weight is 288 g/mol. The molecule has 2 aromatic rings. The largest absolute Gasteiger partial charge is 0.433 e. The minimum absolute atomic E-state index is 0.0885. The lowest BCUT2D eigenvalue weighted by molar-refractivity contribution is -0.141. The fraction of sp³-hybridized carbons (Fsp3) is 0.100. The van der Waals surface area contributed by atoms with Crippen molar-refractivity contribution in [2.24, 2.45) is 5.73 Å². The van der Waals surface area contributed by atoms with Crippen LogP contribution in [-0.4, -0.2) is 20.9 Å². The van der Waals surface area contributed by atoms with E-state index in [0.717, 1.165) is 17.8 Å². The summed E-state index contributed by atoms with van der Waals surface area (Å²) in [7, 11) is 0. The van der Waals surface area contributed by atoms with Crippen molar-refractivity contribution in [3.8, 4) is 0 Å². The molecule has 0 saturated carbocycles. The molecular weight excluding hydrogens is 281 g/mol. The van der Waals surface area contributed by atoms with Crippen LogP contribution in [0.25, 0.3) is 0 Å². The normalized spacial score (nSPS) is 11.5. The second kappa shape index (κ2) is 4.92. The summed E-state index contributed by atoms with van der Waals surface area (Å²) in [4.78, 5) is 21.1. The van der Waals surface area contributed by atoms with Crippen molar-refractivity contribution in [1.29, 1.82) is 0 Å². The highest BCUT2D eigenvalue weighted by Crippen LogP contribution is 2.32. The number of nitrogens with two attached hydrogens (primary N) is 1. The van der Waals surface area contributed by atoms with Crippen LogP contribution in [0.1, 0.15) is 16.1 Å². The number of carbonyl (C=O) groups is 1. The molecule has 5 nitrogen and oxygen atoms in total. The number of hydrogen-bond acceptors (Lipinski definition) is 4. The number of pyridine rings is 1. The average Bonchev–Trinajstić information content (AvgIpc) is 2.80. The van der Waals surface area contributed by atoms with Gasteiger partial charge in [-0.3, -0.25) is 4.79 Å². The summed E-state index contributed by atoms with van der Waals surface area (Å²) in [5, 5.41) is 0.173. The van der Waals surface area contributed by atoms with E-state index in [1.165, 1.54) is 12.4 Å². The van der Waals surface area contributed by atoms with Gasteiger partial charge in [0.2, 0.25) is 0 Å². The molecule has 0 aliphatic heterocycles. The van der Waals surface area contributed by atoms with E-state index in [1.54, 1.807) is 0 Å². The Morgan fingerprint density at radius 2 is 2.11 bits per heavy atom. The van der Waals surface area contributed by atoms with Crippen molar-refractivity contribution in [3.05, 3.63) is 35.8 Å². The summed E-state index contributed by atoms with van der Waals surface area (Å²) >= 11 is 0.801. The van der Waals surface area contributed by atoms with Crippen molar-refractivity contribution in [1.82, 2.24) is 15.0 Å². The maximum atomic E-state index is 12.6. The number of aromatic amines is 1. The molecule has 2 heterocycles. The Labute approximate surface area is 109 Å². The summed E-state index contributed by atoms with van der Waals surface area (Å²) in [6.45, 7) is 0. The lowest BCUT2D eigenvalue weighted by Gasteiger charge is -2.09. The summed E-state index contributed by atoms with van der Waals surface area (Å²) in [5.74, 6) is -0.852. The molecule has 0 saturated heterocycles. The predicted octanol–water partition coefficient (Wildman–Crippen LogP) is 2.07. The summed E-state index contributed by atoms with van der Waals surface area (Å²) in [5.41, 5.74) is 3.92. The Morgan fingerprint density at radius 1 is 1.37 bits per heavy atom. The van der Waals surface area contributed by atoms with Crippen LogP contribution in [0.2, 0.25) is 0 Å². The van der Waals surface area contributed by atoms with Gasteiger partial charge in [0, 0.05) is 12.4 Å². The van der Waals surface area contributed by atoms with Gasteiger partial charge in [-0.15, -0.1) is 0 Å². The van der Waals surface area contributed by atoms with E-state index >= 15 is 0 Å². The van der Waals surface area contributed by atoms with Crippen molar-refractivity contribution in [2.75, 3.05) is 0 Å². The second-order valence-electron chi connectivity index (χ2n) is 3.41. The molecule has 0 aliphatic rings. The topological polar surface area (TPSA) is 84.7 Å². The van der Waals surface area contributed by atoms with Gasteiger partial charge in [-0.2, -0.15) is 13.2 Å². The van der Waals surface area contributed by atoms with E-state index in [-0.39, 0.29) is 10.6 Å². The summed E-state index contributed by atoms with van der Waals surface area (Å²) in [6, 6.07) is 1.72. The molecule has 0 spiro atoms. The highest BCUT2D eigenvalue weighted by Gasteiger charge is 2.33. The van der Waals surface area contributed by atoms with Gasteiger partial charge in [-0.05, 0) is 23.9 Å². The third-order valence-electron chi connectivity index (χ3n) is 2.08. The zero-order chi connectivity index (χ0) is 14.0. The third kappa shape index (κ3) is 3.05. The first-order chi connectivity index (χ1) is 8.88. The number of H-pyrrole nitrogens is 1. The number of hydrogen-bond donors (Lipinski definition) is 2. The Morgan fingerprint density at radius 3 is 2.63 bits per heavy atom. The van der Waals surface area contributed by atoms with Crippen LogP contribution < -0.4 is 5.73 Å². The number of halogens is 3. The standard InChI is InChI=1S/C10H7F3N4OS/c11-10(12,13)6-2-1-5(7(14)18)8(17-6)19-9-15-3-4-16-9/h1-4H,(H2,14,18)(H,15,16). The molecule has 1 amide bonds.